The number of carbonyl (C=O) groups excluding carboxylic acids is 1. The number of aromatic nitrogens is 2. The third kappa shape index (κ3) is 3.88. The normalized spacial score (nSPS) is 9.71. The lowest BCUT2D eigenvalue weighted by atomic mass is 10.1. The van der Waals surface area contributed by atoms with Crippen LogP contribution < -0.4 is 0 Å². The molecular formula is C12H12Cl2N2O. The zero-order valence-corrected chi connectivity index (χ0v) is 10.6. The van der Waals surface area contributed by atoms with Crippen molar-refractivity contribution in [3.63, 3.8) is 0 Å². The van der Waals surface area contributed by atoms with Crippen LogP contribution in [-0.2, 0) is 6.54 Å². The molecule has 2 aromatic rings. The van der Waals surface area contributed by atoms with Crippen molar-refractivity contribution in [2.45, 2.75) is 13.0 Å². The molecule has 0 amide bonds. The van der Waals surface area contributed by atoms with Crippen LogP contribution >= 0.6 is 24.0 Å². The number of benzene rings is 1. The molecule has 2 rings (SSSR count). The molecule has 0 aliphatic carbocycles. The smallest absolute Gasteiger partial charge is 0.164 e. The Morgan fingerprint density at radius 3 is 2.59 bits per heavy atom. The first-order valence-corrected chi connectivity index (χ1v) is 5.38. The predicted octanol–water partition coefficient (Wildman–Crippen LogP) is 3.23. The Labute approximate surface area is 111 Å². The monoisotopic (exact) mass is 270 g/mol. The molecule has 1 heterocycles. The highest BCUT2D eigenvalue weighted by Gasteiger charge is 2.05. The van der Waals surface area contributed by atoms with Gasteiger partial charge in [-0.2, -0.15) is 0 Å². The van der Waals surface area contributed by atoms with E-state index in [1.54, 1.807) is 36.8 Å². The summed E-state index contributed by atoms with van der Waals surface area (Å²) >= 11 is 5.75. The molecule has 0 atom stereocenters. The summed E-state index contributed by atoms with van der Waals surface area (Å²) in [5.41, 5.74) is 0.699. The van der Waals surface area contributed by atoms with E-state index in [-0.39, 0.29) is 18.2 Å². The zero-order valence-electron chi connectivity index (χ0n) is 9.04. The molecule has 90 valence electrons. The van der Waals surface area contributed by atoms with E-state index in [0.29, 0.717) is 23.6 Å². The zero-order chi connectivity index (χ0) is 11.4. The highest BCUT2D eigenvalue weighted by molar-refractivity contribution is 6.30. The van der Waals surface area contributed by atoms with E-state index in [9.17, 15) is 4.79 Å². The lowest BCUT2D eigenvalue weighted by molar-refractivity contribution is 0.0977. The number of hydrogen-bond donors (Lipinski definition) is 0. The third-order valence-corrected chi connectivity index (χ3v) is 2.57. The van der Waals surface area contributed by atoms with Crippen molar-refractivity contribution < 1.29 is 4.79 Å². The van der Waals surface area contributed by atoms with Crippen molar-refractivity contribution in [2.24, 2.45) is 0 Å². The summed E-state index contributed by atoms with van der Waals surface area (Å²) in [6, 6.07) is 6.95. The molecule has 0 aliphatic rings. The maximum atomic E-state index is 11.8. The van der Waals surface area contributed by atoms with Gasteiger partial charge in [0.1, 0.15) is 0 Å². The van der Waals surface area contributed by atoms with Crippen molar-refractivity contribution >= 4 is 29.8 Å². The van der Waals surface area contributed by atoms with Crippen molar-refractivity contribution in [3.05, 3.63) is 53.6 Å². The molecule has 0 spiro atoms. The summed E-state index contributed by atoms with van der Waals surface area (Å²) in [6.07, 6.45) is 5.72. The van der Waals surface area contributed by atoms with Crippen LogP contribution in [0.5, 0.6) is 0 Å². The van der Waals surface area contributed by atoms with E-state index in [1.165, 1.54) is 0 Å². The fourth-order valence-corrected chi connectivity index (χ4v) is 1.56. The summed E-state index contributed by atoms with van der Waals surface area (Å²) in [5.74, 6) is 0.116. The van der Waals surface area contributed by atoms with Crippen LogP contribution in [-0.4, -0.2) is 15.3 Å². The maximum Gasteiger partial charge on any atom is 0.164 e. The Morgan fingerprint density at radius 2 is 2.00 bits per heavy atom. The average molecular weight is 271 g/mol. The Hall–Kier alpha value is -1.32. The molecule has 5 heteroatoms. The molecule has 0 saturated heterocycles. The average Bonchev–Trinajstić information content (AvgIpc) is 2.80. The van der Waals surface area contributed by atoms with Crippen molar-refractivity contribution in [1.82, 2.24) is 9.55 Å². The molecule has 0 aliphatic heterocycles. The quantitative estimate of drug-likeness (QED) is 0.800. The Kier molecular flexibility index (Phi) is 5.19. The standard InChI is InChI=1S/C12H11ClN2O.ClH/c13-11-3-1-10(2-4-11)12(16)5-7-15-8-6-14-9-15;/h1-4,6,8-9H,5,7H2;1H. The molecule has 1 aromatic heterocycles. The summed E-state index contributed by atoms with van der Waals surface area (Å²) in [6.45, 7) is 0.654. The van der Waals surface area contributed by atoms with E-state index in [4.69, 9.17) is 11.6 Å². The number of Topliss-reactive ketones (excluding diaryl/α,β-unsaturated/α-hetero) is 1. The van der Waals surface area contributed by atoms with Crippen LogP contribution in [0.15, 0.2) is 43.0 Å². The van der Waals surface area contributed by atoms with E-state index in [0.717, 1.165) is 0 Å². The van der Waals surface area contributed by atoms with Gasteiger partial charge in [0.25, 0.3) is 0 Å². The molecule has 0 saturated carbocycles. The van der Waals surface area contributed by atoms with E-state index >= 15 is 0 Å². The maximum absolute atomic E-state index is 11.8. The van der Waals surface area contributed by atoms with Gasteiger partial charge >= 0.3 is 0 Å². The summed E-state index contributed by atoms with van der Waals surface area (Å²) < 4.78 is 1.88. The van der Waals surface area contributed by atoms with Crippen molar-refractivity contribution in [3.8, 4) is 0 Å². The molecule has 1 aromatic carbocycles. The molecule has 0 N–H and O–H groups in total. The fraction of sp³-hybridized carbons (Fsp3) is 0.167. The predicted molar refractivity (Wildman–Crippen MR) is 69.9 cm³/mol. The van der Waals surface area contributed by atoms with E-state index < -0.39 is 0 Å². The van der Waals surface area contributed by atoms with Gasteiger partial charge in [-0.15, -0.1) is 12.4 Å². The van der Waals surface area contributed by atoms with Crippen molar-refractivity contribution in [2.75, 3.05) is 0 Å². The minimum Gasteiger partial charge on any atom is -0.337 e. The lowest BCUT2D eigenvalue weighted by Gasteiger charge is -2.02. The number of rotatable bonds is 4. The van der Waals surface area contributed by atoms with Crippen molar-refractivity contribution in [1.29, 1.82) is 0 Å². The van der Waals surface area contributed by atoms with Gasteiger partial charge in [-0.3, -0.25) is 4.79 Å². The van der Waals surface area contributed by atoms with Gasteiger partial charge < -0.3 is 4.57 Å². The molecule has 0 fully saturated rings. The third-order valence-electron chi connectivity index (χ3n) is 2.32. The minimum absolute atomic E-state index is 0. The van der Waals surface area contributed by atoms with Crippen LogP contribution in [0.3, 0.4) is 0 Å². The number of halogens is 2. The highest BCUT2D eigenvalue weighted by atomic mass is 35.5. The van der Waals surface area contributed by atoms with Crippen LogP contribution in [0.2, 0.25) is 5.02 Å². The molecule has 0 unspecified atom stereocenters. The number of carbonyl (C=O) groups is 1. The molecule has 0 bridgehead atoms. The second-order valence-electron chi connectivity index (χ2n) is 3.48. The van der Waals surface area contributed by atoms with Gasteiger partial charge in [-0.05, 0) is 24.3 Å². The summed E-state index contributed by atoms with van der Waals surface area (Å²) in [4.78, 5) is 15.7. The minimum atomic E-state index is 0. The van der Waals surface area contributed by atoms with Gasteiger partial charge in [-0.1, -0.05) is 11.6 Å². The van der Waals surface area contributed by atoms with Crippen LogP contribution in [0.4, 0.5) is 0 Å². The number of aryl methyl sites for hydroxylation is 1. The van der Waals surface area contributed by atoms with Gasteiger partial charge in [-0.25, -0.2) is 4.98 Å². The van der Waals surface area contributed by atoms with Crippen LogP contribution in [0, 0.1) is 0 Å². The SMILES string of the molecule is Cl.O=C(CCn1ccnc1)c1ccc(Cl)cc1. The first-order chi connectivity index (χ1) is 7.75. The van der Waals surface area contributed by atoms with Crippen LogP contribution in [0.1, 0.15) is 16.8 Å². The van der Waals surface area contributed by atoms with E-state index in [2.05, 4.69) is 4.98 Å². The second-order valence-corrected chi connectivity index (χ2v) is 3.92. The number of imidazole rings is 1. The fourth-order valence-electron chi connectivity index (χ4n) is 1.43. The Balaban J connectivity index is 0.00000144. The van der Waals surface area contributed by atoms with E-state index in [1.807, 2.05) is 10.8 Å². The Morgan fingerprint density at radius 1 is 1.29 bits per heavy atom. The highest BCUT2D eigenvalue weighted by Crippen LogP contribution is 2.11. The molecule has 17 heavy (non-hydrogen) atoms. The summed E-state index contributed by atoms with van der Waals surface area (Å²) in [7, 11) is 0. The van der Waals surface area contributed by atoms with Gasteiger partial charge in [0.15, 0.2) is 5.78 Å². The first kappa shape index (κ1) is 13.7. The molecule has 3 nitrogen and oxygen atoms in total. The van der Waals surface area contributed by atoms with Gasteiger partial charge in [0.05, 0.1) is 6.33 Å². The summed E-state index contributed by atoms with van der Waals surface area (Å²) in [5, 5.41) is 0.645. The lowest BCUT2D eigenvalue weighted by Crippen LogP contribution is -2.04. The number of nitrogens with zero attached hydrogens (tertiary/aromatic N) is 2. The topological polar surface area (TPSA) is 34.9 Å². The van der Waals surface area contributed by atoms with Gasteiger partial charge in [0.2, 0.25) is 0 Å². The molecule has 0 radical (unpaired) electrons. The van der Waals surface area contributed by atoms with Crippen LogP contribution in [0.25, 0.3) is 0 Å². The number of ketones is 1. The number of hydrogen-bond acceptors (Lipinski definition) is 2. The second kappa shape index (κ2) is 6.42. The molecular weight excluding hydrogens is 259 g/mol. The first-order valence-electron chi connectivity index (χ1n) is 5.00. The Bertz CT molecular complexity index is 466. The largest absolute Gasteiger partial charge is 0.337 e. The van der Waals surface area contributed by atoms with Gasteiger partial charge in [0, 0.05) is 35.9 Å².